The Labute approximate surface area is 81.3 Å². The fourth-order valence-corrected chi connectivity index (χ4v) is 0. The summed E-state index contributed by atoms with van der Waals surface area (Å²) in [5, 5.41) is 0. The summed E-state index contributed by atoms with van der Waals surface area (Å²) in [5.74, 6) is 1.42. The molecule has 0 aliphatic carbocycles. The van der Waals surface area contributed by atoms with E-state index in [9.17, 15) is 0 Å². The Hall–Kier alpha value is -0.367. The van der Waals surface area contributed by atoms with Crippen LogP contribution < -0.4 is 0 Å². The van der Waals surface area contributed by atoms with Crippen molar-refractivity contribution in [3.8, 4) is 0 Å². The molecule has 0 aromatic carbocycles. The van der Waals surface area contributed by atoms with Crippen molar-refractivity contribution in [1.82, 2.24) is 0 Å². The van der Waals surface area contributed by atoms with Gasteiger partial charge >= 0.3 is 19.5 Å². The zero-order chi connectivity index (χ0) is 9.58. The van der Waals surface area contributed by atoms with Gasteiger partial charge in [0.1, 0.15) is 0 Å². The first kappa shape index (κ1) is 31.1. The fourth-order valence-electron chi connectivity index (χ4n) is 0. The summed E-state index contributed by atoms with van der Waals surface area (Å²) >= 11 is 0. The van der Waals surface area contributed by atoms with E-state index in [4.69, 9.17) is 14.4 Å². The smallest absolute Gasteiger partial charge is 0.545 e. The second-order valence-electron chi connectivity index (χ2n) is 1.50. The van der Waals surface area contributed by atoms with Crippen LogP contribution in [-0.2, 0) is 33.9 Å². The summed E-state index contributed by atoms with van der Waals surface area (Å²) in [4.78, 5) is 23.2. The largest absolute Gasteiger partial charge is 4.00 e. The Kier molecular flexibility index (Phi) is 293. The molecule has 11 heavy (non-hydrogen) atoms. The zero-order valence-corrected chi connectivity index (χ0v) is 8.55. The molecule has 0 saturated carbocycles. The topological polar surface area (TPSA) is 51.2 Å². The number of carbonyl (C=O) groups excluding carboxylic acids is 3. The molecule has 66 valence electrons. The normalized spacial score (nSPS) is 4.36. The first-order chi connectivity index (χ1) is 4.73. The molecule has 0 fully saturated rings. The quantitative estimate of drug-likeness (QED) is 0.360. The van der Waals surface area contributed by atoms with Gasteiger partial charge in [-0.2, -0.15) is 20.8 Å². The van der Waals surface area contributed by atoms with Crippen LogP contribution >= 0.6 is 0 Å². The summed E-state index contributed by atoms with van der Waals surface area (Å²) in [7, 11) is 0. The van der Waals surface area contributed by atoms with E-state index in [2.05, 4.69) is 41.1 Å². The van der Waals surface area contributed by atoms with Crippen LogP contribution in [0.1, 0.15) is 20.8 Å². The van der Waals surface area contributed by atoms with Crippen molar-refractivity contribution in [2.45, 2.75) is 20.8 Å². The van der Waals surface area contributed by atoms with Crippen molar-refractivity contribution >= 4 is 20.4 Å². The Balaban J connectivity index is -0.0000000152. The van der Waals surface area contributed by atoms with Gasteiger partial charge in [0.15, 0.2) is 0 Å². The molecule has 0 radical (unpaired) electrons. The molecule has 0 saturated heterocycles. The number of hydrogen-bond donors (Lipinski definition) is 0. The van der Waals surface area contributed by atoms with E-state index in [1.807, 2.05) is 0 Å². The van der Waals surface area contributed by atoms with Crippen LogP contribution in [0.4, 0.5) is 0 Å². The van der Waals surface area contributed by atoms with Gasteiger partial charge in [-0.25, -0.2) is 0 Å². The predicted octanol–water partition coefficient (Wildman–Crippen LogP) is 0.796. The van der Waals surface area contributed by atoms with Crippen LogP contribution in [0.15, 0.2) is 0 Å². The average Bonchev–Trinajstić information content (AvgIpc) is 1.98. The Morgan fingerprint density at radius 2 is 0.727 bits per heavy atom. The van der Waals surface area contributed by atoms with E-state index in [0.29, 0.717) is 0 Å². The van der Waals surface area contributed by atoms with Gasteiger partial charge in [-0.3, -0.25) is 20.4 Å². The molecule has 0 aliphatic heterocycles. The molecule has 0 aromatic rings. The molecule has 0 unspecified atom stereocenters. The van der Waals surface area contributed by atoms with Crippen molar-refractivity contribution in [2.24, 2.45) is 0 Å². The van der Waals surface area contributed by atoms with E-state index < -0.39 is 0 Å². The summed E-state index contributed by atoms with van der Waals surface area (Å²) in [6, 6.07) is 0. The van der Waals surface area contributed by atoms with Gasteiger partial charge in [0, 0.05) is 0 Å². The minimum absolute atomic E-state index is 0. The molecule has 4 heteroatoms. The van der Waals surface area contributed by atoms with Crippen LogP contribution in [0, 0.1) is 5.92 Å². The molecule has 0 rings (SSSR count). The molecule has 0 N–H and O–H groups in total. The van der Waals surface area contributed by atoms with E-state index in [0.717, 1.165) is 0 Å². The molecule has 0 bridgehead atoms. The van der Waals surface area contributed by atoms with Crippen LogP contribution in [0.25, 0.3) is 0 Å². The van der Waals surface area contributed by atoms with Gasteiger partial charge < -0.3 is 20.3 Å². The van der Waals surface area contributed by atoms with E-state index >= 15 is 0 Å². The average molecular weight is 245 g/mol. The van der Waals surface area contributed by atoms with Crippen LogP contribution in [0.3, 0.4) is 0 Å². The van der Waals surface area contributed by atoms with Crippen molar-refractivity contribution in [3.63, 3.8) is 0 Å². The third kappa shape index (κ3) is 4180. The zero-order valence-electron chi connectivity index (χ0n) is 6.81. The summed E-state index contributed by atoms with van der Waals surface area (Å²) < 4.78 is 0. The molecule has 3 nitrogen and oxygen atoms in total. The molecule has 0 spiro atoms. The second kappa shape index (κ2) is 104. The van der Waals surface area contributed by atoms with Gasteiger partial charge in [0.2, 0.25) is 0 Å². The molecule has 0 aliphatic rings. The summed E-state index contributed by atoms with van der Waals surface area (Å²) in [6.45, 7) is 16.0. The van der Waals surface area contributed by atoms with Crippen molar-refractivity contribution in [2.75, 3.05) is 0 Å². The Bertz CT molecular complexity index is 35.2. The van der Waals surface area contributed by atoms with Gasteiger partial charge in [0.05, 0.1) is 0 Å². The molecule has 0 amide bonds. The molecular formula is C7H12O3Ru. The van der Waals surface area contributed by atoms with Crippen LogP contribution in [0.2, 0.25) is 0 Å². The molecule has 0 heterocycles. The molecule has 0 atom stereocenters. The maximum Gasteiger partial charge on any atom is 4.00 e. The fraction of sp³-hybridized carbons (Fsp3) is 0.429. The minimum Gasteiger partial charge on any atom is -0.545 e. The van der Waals surface area contributed by atoms with Crippen LogP contribution in [-0.4, -0.2) is 20.4 Å². The SMILES string of the molecule is C[C-](C)C.[CH-]=O.[CH-]=O.[CH-]=O.[Ru+4]. The molecular weight excluding hydrogens is 233 g/mol. The first-order valence-corrected chi connectivity index (χ1v) is 2.21. The standard InChI is InChI=1S/C4H9.3CHO.Ru/c1-4(2)3;3*1-2;/h1-3H3;3*1H;/q4*-1;+4. The van der Waals surface area contributed by atoms with E-state index in [-0.39, 0.29) is 19.5 Å². The van der Waals surface area contributed by atoms with Crippen molar-refractivity contribution < 1.29 is 33.9 Å². The number of hydrogen-bond acceptors (Lipinski definition) is 3. The van der Waals surface area contributed by atoms with Crippen molar-refractivity contribution in [3.05, 3.63) is 5.92 Å². The number of rotatable bonds is 0. The van der Waals surface area contributed by atoms with E-state index in [1.54, 1.807) is 0 Å². The summed E-state index contributed by atoms with van der Waals surface area (Å²) in [5.41, 5.74) is 0. The minimum atomic E-state index is 0. The molecule has 0 aromatic heterocycles. The monoisotopic (exact) mass is 246 g/mol. The Morgan fingerprint density at radius 3 is 0.727 bits per heavy atom. The Morgan fingerprint density at radius 1 is 0.727 bits per heavy atom. The summed E-state index contributed by atoms with van der Waals surface area (Å²) in [6.07, 6.45) is 0. The van der Waals surface area contributed by atoms with Gasteiger partial charge in [-0.15, -0.1) is 0 Å². The maximum absolute atomic E-state index is 7.75. The third-order valence-corrected chi connectivity index (χ3v) is 0. The third-order valence-electron chi connectivity index (χ3n) is 0. The van der Waals surface area contributed by atoms with Crippen molar-refractivity contribution in [1.29, 1.82) is 0 Å². The van der Waals surface area contributed by atoms with E-state index in [1.165, 1.54) is 5.92 Å². The van der Waals surface area contributed by atoms with Gasteiger partial charge in [-0.1, -0.05) is 0 Å². The van der Waals surface area contributed by atoms with Crippen LogP contribution in [0.5, 0.6) is 0 Å². The maximum atomic E-state index is 7.75. The predicted molar refractivity (Wildman–Crippen MR) is 40.5 cm³/mol. The second-order valence-corrected chi connectivity index (χ2v) is 1.50. The van der Waals surface area contributed by atoms with Gasteiger partial charge in [-0.05, 0) is 0 Å². The van der Waals surface area contributed by atoms with Gasteiger partial charge in [0.25, 0.3) is 0 Å². The first-order valence-electron chi connectivity index (χ1n) is 2.21.